The highest BCUT2D eigenvalue weighted by molar-refractivity contribution is 5.73. The lowest BCUT2D eigenvalue weighted by atomic mass is 10.3. The third kappa shape index (κ3) is 21.7. The first-order valence-electron chi connectivity index (χ1n) is 6.94. The van der Waals surface area contributed by atoms with Gasteiger partial charge in [-0.1, -0.05) is 0 Å². The Morgan fingerprint density at radius 1 is 1.00 bits per heavy atom. The predicted molar refractivity (Wildman–Crippen MR) is 83.4 cm³/mol. The van der Waals surface area contributed by atoms with Crippen LogP contribution in [-0.2, 0) is 14.3 Å². The van der Waals surface area contributed by atoms with E-state index >= 15 is 0 Å². The lowest BCUT2D eigenvalue weighted by molar-refractivity contribution is -0.138. The normalized spacial score (nSPS) is 12.2. The molecule has 0 aliphatic carbocycles. The molecule has 0 aliphatic rings. The molecule has 5 N–H and O–H groups in total. The van der Waals surface area contributed by atoms with Gasteiger partial charge < -0.3 is 35.8 Å². The molecule has 21 heavy (non-hydrogen) atoms. The van der Waals surface area contributed by atoms with Crippen LogP contribution in [0.25, 0.3) is 0 Å². The standard InChI is InChI=1S/C10H24N2O2.C3H8N2O2/c1-11(2)5-7-13-9-10-14-8-6-12(3)4;4-1-2(5)3(6)7/h5-10H2,1-4H3;2H,1,4-5H2,(H,6,7). The molecule has 0 amide bonds. The van der Waals surface area contributed by atoms with Crippen molar-refractivity contribution in [3.05, 3.63) is 0 Å². The fourth-order valence-electron chi connectivity index (χ4n) is 0.917. The Hall–Kier alpha value is -0.770. The van der Waals surface area contributed by atoms with Gasteiger partial charge in [-0.3, -0.25) is 4.79 Å². The van der Waals surface area contributed by atoms with Crippen LogP contribution in [0.1, 0.15) is 0 Å². The van der Waals surface area contributed by atoms with E-state index < -0.39 is 12.0 Å². The van der Waals surface area contributed by atoms with Crippen LogP contribution in [-0.4, -0.2) is 101 Å². The minimum atomic E-state index is -1.05. The van der Waals surface area contributed by atoms with Gasteiger partial charge in [-0.25, -0.2) is 0 Å². The van der Waals surface area contributed by atoms with Crippen LogP contribution in [0.5, 0.6) is 0 Å². The molecular weight excluding hydrogens is 276 g/mol. The van der Waals surface area contributed by atoms with Crippen molar-refractivity contribution in [3.63, 3.8) is 0 Å². The first-order chi connectivity index (χ1) is 9.81. The zero-order chi connectivity index (χ0) is 16.7. The predicted octanol–water partition coefficient (Wildman–Crippen LogP) is -1.50. The number of carboxylic acids is 1. The van der Waals surface area contributed by atoms with Gasteiger partial charge in [-0.15, -0.1) is 0 Å². The van der Waals surface area contributed by atoms with E-state index in [2.05, 4.69) is 9.80 Å². The zero-order valence-electron chi connectivity index (χ0n) is 13.7. The Morgan fingerprint density at radius 2 is 1.38 bits per heavy atom. The molecular formula is C13H32N4O4. The average molecular weight is 308 g/mol. The minimum Gasteiger partial charge on any atom is -0.480 e. The minimum absolute atomic E-state index is 0.00463. The SMILES string of the molecule is CN(C)CCOCCOCCN(C)C.NCC(N)C(=O)O. The summed E-state index contributed by atoms with van der Waals surface area (Å²) in [7, 11) is 8.15. The average Bonchev–Trinajstić information content (AvgIpc) is 2.40. The quantitative estimate of drug-likeness (QED) is 0.395. The van der Waals surface area contributed by atoms with Crippen molar-refractivity contribution in [2.75, 3.05) is 74.3 Å². The van der Waals surface area contributed by atoms with Crippen LogP contribution in [0.15, 0.2) is 0 Å². The molecule has 0 aromatic heterocycles. The summed E-state index contributed by atoms with van der Waals surface area (Å²) in [5.41, 5.74) is 9.76. The zero-order valence-corrected chi connectivity index (χ0v) is 13.7. The molecule has 8 nitrogen and oxygen atoms in total. The van der Waals surface area contributed by atoms with E-state index in [1.54, 1.807) is 0 Å². The van der Waals surface area contributed by atoms with Crippen LogP contribution < -0.4 is 11.5 Å². The molecule has 1 atom stereocenters. The van der Waals surface area contributed by atoms with Crippen molar-refractivity contribution in [2.45, 2.75) is 6.04 Å². The summed E-state index contributed by atoms with van der Waals surface area (Å²) in [4.78, 5) is 13.9. The molecule has 8 heteroatoms. The first-order valence-corrected chi connectivity index (χ1v) is 6.94. The highest BCUT2D eigenvalue weighted by Crippen LogP contribution is 1.82. The molecule has 0 saturated heterocycles. The van der Waals surface area contributed by atoms with Gasteiger partial charge in [0.1, 0.15) is 6.04 Å². The van der Waals surface area contributed by atoms with Gasteiger partial charge in [-0.05, 0) is 28.2 Å². The van der Waals surface area contributed by atoms with Crippen molar-refractivity contribution in [3.8, 4) is 0 Å². The van der Waals surface area contributed by atoms with Gasteiger partial charge in [-0.2, -0.15) is 0 Å². The highest BCUT2D eigenvalue weighted by Gasteiger charge is 2.05. The number of hydrogen-bond acceptors (Lipinski definition) is 7. The summed E-state index contributed by atoms with van der Waals surface area (Å²) < 4.78 is 10.7. The summed E-state index contributed by atoms with van der Waals surface area (Å²) in [6, 6.07) is -0.903. The number of nitrogens with two attached hydrogens (primary N) is 2. The third-order valence-corrected chi connectivity index (χ3v) is 2.31. The fourth-order valence-corrected chi connectivity index (χ4v) is 0.917. The number of aliphatic carboxylic acids is 1. The molecule has 0 heterocycles. The summed E-state index contributed by atoms with van der Waals surface area (Å²) in [5.74, 6) is -1.05. The Balaban J connectivity index is 0. The Bertz CT molecular complexity index is 226. The van der Waals surface area contributed by atoms with E-state index in [4.69, 9.17) is 26.0 Å². The maximum Gasteiger partial charge on any atom is 0.321 e. The van der Waals surface area contributed by atoms with Crippen LogP contribution in [0.3, 0.4) is 0 Å². The molecule has 0 radical (unpaired) electrons. The second-order valence-corrected chi connectivity index (χ2v) is 5.01. The highest BCUT2D eigenvalue weighted by atomic mass is 16.5. The van der Waals surface area contributed by atoms with Gasteiger partial charge in [0.15, 0.2) is 0 Å². The Kier molecular flexibility index (Phi) is 16.7. The number of nitrogens with zero attached hydrogens (tertiary/aromatic N) is 2. The maximum atomic E-state index is 9.73. The van der Waals surface area contributed by atoms with Gasteiger partial charge >= 0.3 is 5.97 Å². The summed E-state index contributed by atoms with van der Waals surface area (Å²) >= 11 is 0. The summed E-state index contributed by atoms with van der Waals surface area (Å²) in [5, 5.41) is 7.98. The number of carboxylic acid groups (broad SMARTS) is 1. The van der Waals surface area contributed by atoms with Crippen molar-refractivity contribution in [1.82, 2.24) is 9.80 Å². The second-order valence-electron chi connectivity index (χ2n) is 5.01. The number of rotatable bonds is 11. The number of hydrogen-bond donors (Lipinski definition) is 3. The van der Waals surface area contributed by atoms with Crippen LogP contribution in [0.4, 0.5) is 0 Å². The summed E-state index contributed by atoms with van der Waals surface area (Å²) in [6.07, 6.45) is 0. The monoisotopic (exact) mass is 308 g/mol. The van der Waals surface area contributed by atoms with E-state index in [0.717, 1.165) is 26.3 Å². The fraction of sp³-hybridized carbons (Fsp3) is 0.923. The van der Waals surface area contributed by atoms with Crippen molar-refractivity contribution < 1.29 is 19.4 Å². The molecule has 0 saturated carbocycles. The molecule has 0 aromatic rings. The van der Waals surface area contributed by atoms with E-state index in [-0.39, 0.29) is 6.54 Å². The van der Waals surface area contributed by atoms with E-state index in [1.165, 1.54) is 0 Å². The molecule has 0 aliphatic heterocycles. The Morgan fingerprint density at radius 3 is 1.57 bits per heavy atom. The molecule has 0 aromatic carbocycles. The second kappa shape index (κ2) is 15.6. The van der Waals surface area contributed by atoms with Crippen molar-refractivity contribution in [2.24, 2.45) is 11.5 Å². The first kappa shape index (κ1) is 22.5. The molecule has 0 bridgehead atoms. The molecule has 1 unspecified atom stereocenters. The topological polar surface area (TPSA) is 114 Å². The molecule has 128 valence electrons. The van der Waals surface area contributed by atoms with Crippen LogP contribution in [0.2, 0.25) is 0 Å². The third-order valence-electron chi connectivity index (χ3n) is 2.31. The largest absolute Gasteiger partial charge is 0.480 e. The number of carbonyl (C=O) groups is 1. The molecule has 0 spiro atoms. The van der Waals surface area contributed by atoms with Crippen molar-refractivity contribution in [1.29, 1.82) is 0 Å². The van der Waals surface area contributed by atoms with E-state index in [9.17, 15) is 4.79 Å². The Labute approximate surface area is 128 Å². The number of ether oxygens (including phenoxy) is 2. The lowest BCUT2D eigenvalue weighted by Gasteiger charge is -2.11. The maximum absolute atomic E-state index is 9.73. The van der Waals surface area contributed by atoms with Gasteiger partial charge in [0.25, 0.3) is 0 Å². The van der Waals surface area contributed by atoms with Crippen LogP contribution in [0, 0.1) is 0 Å². The summed E-state index contributed by atoms with van der Waals surface area (Å²) in [6.45, 7) is 4.89. The van der Waals surface area contributed by atoms with E-state index in [0.29, 0.717) is 13.2 Å². The van der Waals surface area contributed by atoms with Gasteiger partial charge in [0.2, 0.25) is 0 Å². The molecule has 0 fully saturated rings. The molecule has 0 rings (SSSR count). The van der Waals surface area contributed by atoms with Crippen molar-refractivity contribution >= 4 is 5.97 Å². The smallest absolute Gasteiger partial charge is 0.321 e. The van der Waals surface area contributed by atoms with Gasteiger partial charge in [0, 0.05) is 19.6 Å². The van der Waals surface area contributed by atoms with Crippen LogP contribution >= 0.6 is 0 Å². The van der Waals surface area contributed by atoms with E-state index in [1.807, 2.05) is 28.2 Å². The van der Waals surface area contributed by atoms with Gasteiger partial charge in [0.05, 0.1) is 26.4 Å². The number of likely N-dealkylation sites (N-methyl/N-ethyl adjacent to an activating group) is 2. The lowest BCUT2D eigenvalue weighted by Crippen LogP contribution is -2.37.